The van der Waals surface area contributed by atoms with Gasteiger partial charge in [-0.25, -0.2) is 4.98 Å². The highest BCUT2D eigenvalue weighted by Crippen LogP contribution is 2.28. The summed E-state index contributed by atoms with van der Waals surface area (Å²) in [6.45, 7) is 4.19. The molecule has 3 N–H and O–H groups in total. The lowest BCUT2D eigenvalue weighted by atomic mass is 10.0. The Bertz CT molecular complexity index is 883. The van der Waals surface area contributed by atoms with E-state index in [-0.39, 0.29) is 0 Å². The summed E-state index contributed by atoms with van der Waals surface area (Å²) in [5, 5.41) is 11.9. The molecule has 2 aromatic carbocycles. The Balaban J connectivity index is 1.90. The summed E-state index contributed by atoms with van der Waals surface area (Å²) in [7, 11) is 0. The summed E-state index contributed by atoms with van der Waals surface area (Å²) in [4.78, 5) is 4.62. The Morgan fingerprint density at radius 3 is 2.15 bits per heavy atom. The number of benzene rings is 2. The van der Waals surface area contributed by atoms with Crippen LogP contribution in [0.1, 0.15) is 0 Å². The van der Waals surface area contributed by atoms with Gasteiger partial charge in [0.05, 0.1) is 0 Å². The van der Waals surface area contributed by atoms with E-state index in [2.05, 4.69) is 37.9 Å². The maximum Gasteiger partial charge on any atom is 0.262 e. The van der Waals surface area contributed by atoms with E-state index in [0.717, 1.165) is 22.5 Å². The number of hydrogen-bond acceptors (Lipinski definition) is 5. The van der Waals surface area contributed by atoms with E-state index in [1.165, 1.54) is 0 Å². The van der Waals surface area contributed by atoms with E-state index >= 15 is 0 Å². The number of nitrogens with zero attached hydrogens (tertiary/aromatic N) is 3. The first kappa shape index (κ1) is 17.5. The summed E-state index contributed by atoms with van der Waals surface area (Å²) in [5.74, 6) is 0.325. The zero-order valence-electron chi connectivity index (χ0n) is 14.0. The van der Waals surface area contributed by atoms with E-state index in [4.69, 9.17) is 12.2 Å². The number of rotatable bonds is 6. The average Bonchev–Trinajstić information content (AvgIpc) is 2.72. The fourth-order valence-electron chi connectivity index (χ4n) is 2.29. The van der Waals surface area contributed by atoms with Crippen LogP contribution in [-0.2, 0) is 0 Å². The Morgan fingerprint density at radius 1 is 0.923 bits per heavy atom. The van der Waals surface area contributed by atoms with Gasteiger partial charge in [-0.05, 0) is 12.2 Å². The molecule has 26 heavy (non-hydrogen) atoms. The maximum atomic E-state index is 5.14. The molecular weight excluding hydrogens is 344 g/mol. The second-order valence-electron chi connectivity index (χ2n) is 5.31. The molecule has 3 rings (SSSR count). The van der Waals surface area contributed by atoms with E-state index in [9.17, 15) is 0 Å². The highest BCUT2D eigenvalue weighted by atomic mass is 32.1. The predicted molar refractivity (Wildman–Crippen MR) is 108 cm³/mol. The molecule has 0 spiro atoms. The van der Waals surface area contributed by atoms with Crippen LogP contribution in [0.4, 0.5) is 5.95 Å². The molecule has 6 nitrogen and oxygen atoms in total. The first-order valence-corrected chi connectivity index (χ1v) is 8.45. The third kappa shape index (κ3) is 4.40. The molecule has 0 fully saturated rings. The second kappa shape index (κ2) is 8.68. The van der Waals surface area contributed by atoms with Gasteiger partial charge in [-0.3, -0.25) is 10.9 Å². The van der Waals surface area contributed by atoms with Crippen LogP contribution in [0.3, 0.4) is 0 Å². The molecule has 0 radical (unpaired) electrons. The Morgan fingerprint density at radius 2 is 1.54 bits per heavy atom. The SMILES string of the molecule is C=CCNC(=S)NNc1nnc(-c2ccccc2)c(-c2ccccc2)n1. The quantitative estimate of drug-likeness (QED) is 0.353. The molecule has 0 unspecified atom stereocenters. The Hall–Kier alpha value is -3.32. The molecule has 0 aliphatic carbocycles. The van der Waals surface area contributed by atoms with Gasteiger partial charge in [0, 0.05) is 17.7 Å². The van der Waals surface area contributed by atoms with Crippen LogP contribution in [0.15, 0.2) is 73.3 Å². The van der Waals surface area contributed by atoms with E-state index in [1.807, 2.05) is 60.7 Å². The smallest absolute Gasteiger partial charge is 0.262 e. The van der Waals surface area contributed by atoms with Crippen molar-refractivity contribution in [2.45, 2.75) is 0 Å². The molecule has 0 bridgehead atoms. The third-order valence-electron chi connectivity index (χ3n) is 3.48. The molecule has 0 amide bonds. The van der Waals surface area contributed by atoms with Gasteiger partial charge in [0.15, 0.2) is 5.11 Å². The Labute approximate surface area is 157 Å². The fourth-order valence-corrected chi connectivity index (χ4v) is 2.42. The van der Waals surface area contributed by atoms with E-state index < -0.39 is 0 Å². The van der Waals surface area contributed by atoms with E-state index in [0.29, 0.717) is 17.6 Å². The number of hydrogen-bond donors (Lipinski definition) is 3. The zero-order valence-corrected chi connectivity index (χ0v) is 14.8. The molecule has 1 aromatic heterocycles. The first-order chi connectivity index (χ1) is 12.8. The largest absolute Gasteiger partial charge is 0.358 e. The highest BCUT2D eigenvalue weighted by Gasteiger charge is 2.13. The van der Waals surface area contributed by atoms with Gasteiger partial charge in [-0.15, -0.1) is 16.8 Å². The lowest BCUT2D eigenvalue weighted by Gasteiger charge is -2.12. The molecule has 130 valence electrons. The number of aromatic nitrogens is 3. The van der Waals surface area contributed by atoms with Crippen LogP contribution in [0, 0.1) is 0 Å². The van der Waals surface area contributed by atoms with Crippen LogP contribution in [-0.4, -0.2) is 26.8 Å². The van der Waals surface area contributed by atoms with Gasteiger partial charge in [0.25, 0.3) is 5.95 Å². The summed E-state index contributed by atoms with van der Waals surface area (Å²) < 4.78 is 0. The number of hydrazine groups is 1. The van der Waals surface area contributed by atoms with Crippen molar-refractivity contribution in [3.05, 3.63) is 73.3 Å². The summed E-state index contributed by atoms with van der Waals surface area (Å²) in [6, 6.07) is 19.7. The molecule has 0 atom stereocenters. The van der Waals surface area contributed by atoms with Gasteiger partial charge < -0.3 is 5.32 Å². The normalized spacial score (nSPS) is 10.0. The van der Waals surface area contributed by atoms with Crippen LogP contribution in [0.5, 0.6) is 0 Å². The molecule has 0 saturated heterocycles. The molecule has 0 aliphatic rings. The highest BCUT2D eigenvalue weighted by molar-refractivity contribution is 7.80. The molecule has 1 heterocycles. The van der Waals surface area contributed by atoms with Crippen LogP contribution < -0.4 is 16.2 Å². The molecular formula is C19H18N6S. The zero-order chi connectivity index (χ0) is 18.2. The summed E-state index contributed by atoms with van der Waals surface area (Å²) in [5.41, 5.74) is 9.06. The molecule has 7 heteroatoms. The van der Waals surface area contributed by atoms with Crippen molar-refractivity contribution in [3.63, 3.8) is 0 Å². The van der Waals surface area contributed by atoms with Gasteiger partial charge in [0.2, 0.25) is 0 Å². The minimum absolute atomic E-state index is 0.325. The van der Waals surface area contributed by atoms with Crippen molar-refractivity contribution in [2.75, 3.05) is 12.0 Å². The van der Waals surface area contributed by atoms with Crippen molar-refractivity contribution < 1.29 is 0 Å². The minimum Gasteiger partial charge on any atom is -0.358 e. The fraction of sp³-hybridized carbons (Fsp3) is 0.0526. The van der Waals surface area contributed by atoms with Crippen molar-refractivity contribution in [2.24, 2.45) is 0 Å². The summed E-state index contributed by atoms with van der Waals surface area (Å²) >= 11 is 5.14. The second-order valence-corrected chi connectivity index (χ2v) is 5.72. The molecule has 3 aromatic rings. The van der Waals surface area contributed by atoms with Crippen LogP contribution >= 0.6 is 12.2 Å². The average molecular weight is 362 g/mol. The van der Waals surface area contributed by atoms with E-state index in [1.54, 1.807) is 6.08 Å². The number of anilines is 1. The monoisotopic (exact) mass is 362 g/mol. The first-order valence-electron chi connectivity index (χ1n) is 8.04. The van der Waals surface area contributed by atoms with Crippen molar-refractivity contribution in [3.8, 4) is 22.5 Å². The number of thiocarbonyl (C=S) groups is 1. The Kier molecular flexibility index (Phi) is 5.84. The number of nitrogens with one attached hydrogen (secondary N) is 3. The van der Waals surface area contributed by atoms with Crippen molar-refractivity contribution >= 4 is 23.3 Å². The third-order valence-corrected chi connectivity index (χ3v) is 3.72. The van der Waals surface area contributed by atoms with Gasteiger partial charge in [0.1, 0.15) is 11.4 Å². The minimum atomic E-state index is 0.325. The van der Waals surface area contributed by atoms with Gasteiger partial charge in [-0.1, -0.05) is 66.7 Å². The van der Waals surface area contributed by atoms with Gasteiger partial charge in [-0.2, -0.15) is 0 Å². The lowest BCUT2D eigenvalue weighted by molar-refractivity contribution is 0.919. The van der Waals surface area contributed by atoms with Crippen molar-refractivity contribution in [1.29, 1.82) is 0 Å². The summed E-state index contributed by atoms with van der Waals surface area (Å²) in [6.07, 6.45) is 1.72. The van der Waals surface area contributed by atoms with Crippen LogP contribution in [0.2, 0.25) is 0 Å². The topological polar surface area (TPSA) is 74.8 Å². The lowest BCUT2D eigenvalue weighted by Crippen LogP contribution is -2.39. The predicted octanol–water partition coefficient (Wildman–Crippen LogP) is 3.18. The standard InChI is InChI=1S/C19H18N6S/c1-2-13-20-19(26)25-24-18-21-16(14-9-5-3-6-10-14)17(22-23-18)15-11-7-4-8-12-15/h2-12H,1,13H2,(H2,20,25,26)(H,21,23,24). The van der Waals surface area contributed by atoms with Crippen LogP contribution in [0.25, 0.3) is 22.5 Å². The van der Waals surface area contributed by atoms with Crippen molar-refractivity contribution in [1.82, 2.24) is 25.9 Å². The molecule has 0 aliphatic heterocycles. The molecule has 0 saturated carbocycles. The maximum absolute atomic E-state index is 5.14. The van der Waals surface area contributed by atoms with Gasteiger partial charge >= 0.3 is 0 Å².